The summed E-state index contributed by atoms with van der Waals surface area (Å²) in [6.45, 7) is 6.07. The zero-order valence-electron chi connectivity index (χ0n) is 17.8. The van der Waals surface area contributed by atoms with Gasteiger partial charge in [-0.2, -0.15) is 8.78 Å². The molecule has 0 saturated carbocycles. The lowest BCUT2D eigenvalue weighted by Crippen LogP contribution is -2.50. The van der Waals surface area contributed by atoms with E-state index in [4.69, 9.17) is 0 Å². The predicted octanol–water partition coefficient (Wildman–Crippen LogP) is 2.70. The average molecular weight is 466 g/mol. The molecule has 32 heavy (non-hydrogen) atoms. The number of sulfone groups is 1. The van der Waals surface area contributed by atoms with Crippen molar-refractivity contribution in [3.8, 4) is 0 Å². The van der Waals surface area contributed by atoms with Gasteiger partial charge < -0.3 is 10.2 Å². The number of amides is 2. The molecule has 2 aromatic rings. The molecular formula is C22H25F2N3O4S. The fraction of sp³-hybridized carbons (Fsp3) is 0.364. The summed E-state index contributed by atoms with van der Waals surface area (Å²) < 4.78 is 48.1. The van der Waals surface area contributed by atoms with E-state index in [0.29, 0.717) is 37.4 Å². The van der Waals surface area contributed by atoms with Crippen molar-refractivity contribution >= 4 is 27.3 Å². The third-order valence-corrected chi connectivity index (χ3v) is 6.59. The lowest BCUT2D eigenvalue weighted by molar-refractivity contribution is -0.117. The van der Waals surface area contributed by atoms with Gasteiger partial charge in [-0.05, 0) is 50.2 Å². The first-order chi connectivity index (χ1) is 15.1. The molecule has 1 heterocycles. The standard InChI is InChI=1S/C22H25F2N3O4S/c1-15-11-16(2)13-17(12-15)21(29)27-9-7-26(8-10-27)14-20(28)25-18-3-5-19(6-4-18)32(30,31)22(23)24/h3-6,11-13,22H,7-10,14H2,1-2H3,(H,25,28). The topological polar surface area (TPSA) is 86.8 Å². The van der Waals surface area contributed by atoms with Gasteiger partial charge in [-0.1, -0.05) is 17.2 Å². The summed E-state index contributed by atoms with van der Waals surface area (Å²) in [6.07, 6.45) is 0. The van der Waals surface area contributed by atoms with Gasteiger partial charge in [0.25, 0.3) is 5.91 Å². The highest BCUT2D eigenvalue weighted by Crippen LogP contribution is 2.20. The molecule has 1 fully saturated rings. The van der Waals surface area contributed by atoms with Crippen molar-refractivity contribution < 1.29 is 26.8 Å². The minimum absolute atomic E-state index is 0.0280. The molecule has 10 heteroatoms. The fourth-order valence-corrected chi connectivity index (χ4v) is 4.35. The predicted molar refractivity (Wildman–Crippen MR) is 117 cm³/mol. The van der Waals surface area contributed by atoms with E-state index in [0.717, 1.165) is 23.3 Å². The summed E-state index contributed by atoms with van der Waals surface area (Å²) in [5.41, 5.74) is 3.03. The first-order valence-electron chi connectivity index (χ1n) is 10.1. The van der Waals surface area contributed by atoms with Gasteiger partial charge in [-0.25, -0.2) is 8.42 Å². The number of hydrogen-bond acceptors (Lipinski definition) is 5. The maximum Gasteiger partial charge on any atom is 0.341 e. The summed E-state index contributed by atoms with van der Waals surface area (Å²) in [4.78, 5) is 28.2. The molecule has 0 aromatic heterocycles. The van der Waals surface area contributed by atoms with Gasteiger partial charge in [0.05, 0.1) is 11.4 Å². The molecule has 1 aliphatic rings. The molecule has 0 spiro atoms. The van der Waals surface area contributed by atoms with E-state index in [2.05, 4.69) is 5.32 Å². The number of nitrogens with one attached hydrogen (secondary N) is 1. The van der Waals surface area contributed by atoms with Crippen molar-refractivity contribution in [2.24, 2.45) is 0 Å². The Balaban J connectivity index is 1.51. The molecule has 1 aliphatic heterocycles. The quantitative estimate of drug-likeness (QED) is 0.709. The number of rotatable bonds is 6. The van der Waals surface area contributed by atoms with Gasteiger partial charge in [0.15, 0.2) is 0 Å². The van der Waals surface area contributed by atoms with Gasteiger partial charge in [-0.15, -0.1) is 0 Å². The number of piperazine rings is 1. The molecular weight excluding hydrogens is 440 g/mol. The summed E-state index contributed by atoms with van der Waals surface area (Å²) >= 11 is 0. The van der Waals surface area contributed by atoms with Crippen molar-refractivity contribution in [3.63, 3.8) is 0 Å². The number of carbonyl (C=O) groups is 2. The van der Waals surface area contributed by atoms with Crippen LogP contribution >= 0.6 is 0 Å². The molecule has 0 aliphatic carbocycles. The number of benzene rings is 2. The van der Waals surface area contributed by atoms with E-state index in [1.165, 1.54) is 12.1 Å². The molecule has 1 N–H and O–H groups in total. The second-order valence-corrected chi connectivity index (χ2v) is 9.74. The van der Waals surface area contributed by atoms with Gasteiger partial charge >= 0.3 is 5.76 Å². The van der Waals surface area contributed by atoms with Crippen LogP contribution in [-0.2, 0) is 14.6 Å². The number of nitrogens with zero attached hydrogens (tertiary/aromatic N) is 2. The van der Waals surface area contributed by atoms with Crippen molar-refractivity contribution in [1.29, 1.82) is 0 Å². The second kappa shape index (κ2) is 9.74. The molecule has 0 atom stereocenters. The van der Waals surface area contributed by atoms with E-state index in [9.17, 15) is 26.8 Å². The van der Waals surface area contributed by atoms with Crippen molar-refractivity contribution in [3.05, 3.63) is 59.2 Å². The van der Waals surface area contributed by atoms with Gasteiger partial charge in [0, 0.05) is 37.4 Å². The Morgan fingerprint density at radius 1 is 0.969 bits per heavy atom. The molecule has 3 rings (SSSR count). The van der Waals surface area contributed by atoms with E-state index in [-0.39, 0.29) is 18.4 Å². The van der Waals surface area contributed by atoms with Crippen LogP contribution in [0.3, 0.4) is 0 Å². The van der Waals surface area contributed by atoms with Crippen LogP contribution in [0.5, 0.6) is 0 Å². The summed E-state index contributed by atoms with van der Waals surface area (Å²) in [6, 6.07) is 10.4. The Bertz CT molecular complexity index is 1080. The largest absolute Gasteiger partial charge is 0.341 e. The van der Waals surface area contributed by atoms with E-state index in [1.807, 2.05) is 36.9 Å². The number of aryl methyl sites for hydroxylation is 2. The SMILES string of the molecule is Cc1cc(C)cc(C(=O)N2CCN(CC(=O)Nc3ccc(S(=O)(=O)C(F)F)cc3)CC2)c1. The third kappa shape index (κ3) is 5.68. The maximum absolute atomic E-state index is 12.8. The molecule has 0 bridgehead atoms. The van der Waals surface area contributed by atoms with Crippen LogP contribution in [0.4, 0.5) is 14.5 Å². The Hall–Kier alpha value is -2.85. The summed E-state index contributed by atoms with van der Waals surface area (Å²) in [7, 11) is -4.67. The Kier molecular flexibility index (Phi) is 7.25. The monoisotopic (exact) mass is 465 g/mol. The van der Waals surface area contributed by atoms with Crippen LogP contribution in [0.25, 0.3) is 0 Å². The molecule has 7 nitrogen and oxygen atoms in total. The number of hydrogen-bond donors (Lipinski definition) is 1. The van der Waals surface area contributed by atoms with Crippen LogP contribution in [0.1, 0.15) is 21.5 Å². The molecule has 2 amide bonds. The number of anilines is 1. The van der Waals surface area contributed by atoms with Gasteiger partial charge in [0.2, 0.25) is 15.7 Å². The maximum atomic E-state index is 12.8. The van der Waals surface area contributed by atoms with Gasteiger partial charge in [-0.3, -0.25) is 14.5 Å². The van der Waals surface area contributed by atoms with Gasteiger partial charge in [0.1, 0.15) is 0 Å². The highest BCUT2D eigenvalue weighted by atomic mass is 32.2. The van der Waals surface area contributed by atoms with Crippen molar-refractivity contribution in [2.75, 3.05) is 38.0 Å². The fourth-order valence-electron chi connectivity index (χ4n) is 3.62. The second-order valence-electron chi connectivity index (χ2n) is 7.82. The summed E-state index contributed by atoms with van der Waals surface area (Å²) in [5.74, 6) is -3.84. The number of halogens is 2. The smallest absolute Gasteiger partial charge is 0.336 e. The lowest BCUT2D eigenvalue weighted by Gasteiger charge is -2.34. The minimum atomic E-state index is -4.67. The lowest BCUT2D eigenvalue weighted by atomic mass is 10.1. The first kappa shape index (κ1) is 23.8. The molecule has 172 valence electrons. The molecule has 2 aromatic carbocycles. The Morgan fingerprint density at radius 2 is 1.53 bits per heavy atom. The van der Waals surface area contributed by atoms with E-state index < -0.39 is 20.5 Å². The van der Waals surface area contributed by atoms with E-state index >= 15 is 0 Å². The Labute approximate surface area is 185 Å². The number of carbonyl (C=O) groups excluding carboxylic acids is 2. The third-order valence-electron chi connectivity index (χ3n) is 5.20. The zero-order valence-corrected chi connectivity index (χ0v) is 18.7. The minimum Gasteiger partial charge on any atom is -0.336 e. The van der Waals surface area contributed by atoms with Crippen LogP contribution < -0.4 is 5.32 Å². The highest BCUT2D eigenvalue weighted by Gasteiger charge is 2.26. The van der Waals surface area contributed by atoms with E-state index in [1.54, 1.807) is 4.90 Å². The summed E-state index contributed by atoms with van der Waals surface area (Å²) in [5, 5.41) is 2.63. The number of alkyl halides is 2. The van der Waals surface area contributed by atoms with Crippen molar-refractivity contribution in [2.45, 2.75) is 24.5 Å². The average Bonchev–Trinajstić information content (AvgIpc) is 2.73. The molecule has 1 saturated heterocycles. The highest BCUT2D eigenvalue weighted by molar-refractivity contribution is 7.91. The first-order valence-corrected chi connectivity index (χ1v) is 11.6. The zero-order chi connectivity index (χ0) is 23.5. The Morgan fingerprint density at radius 3 is 2.06 bits per heavy atom. The van der Waals surface area contributed by atoms with Crippen LogP contribution in [-0.4, -0.2) is 68.5 Å². The molecule has 0 unspecified atom stereocenters. The molecule has 0 radical (unpaired) electrons. The van der Waals surface area contributed by atoms with Crippen LogP contribution in [0.15, 0.2) is 47.4 Å². The van der Waals surface area contributed by atoms with Crippen molar-refractivity contribution in [1.82, 2.24) is 9.80 Å². The normalized spacial score (nSPS) is 15.1. The van der Waals surface area contributed by atoms with Crippen LogP contribution in [0.2, 0.25) is 0 Å². The van der Waals surface area contributed by atoms with Crippen LogP contribution in [0, 0.1) is 13.8 Å².